The van der Waals surface area contributed by atoms with Gasteiger partial charge in [0.25, 0.3) is 0 Å². The van der Waals surface area contributed by atoms with Gasteiger partial charge in [0.05, 0.1) is 24.7 Å². The molecular formula is C10H12FN3O5S. The van der Waals surface area contributed by atoms with Crippen molar-refractivity contribution >= 4 is 27.8 Å². The highest BCUT2D eigenvalue weighted by Gasteiger charge is 2.36. The van der Waals surface area contributed by atoms with Crippen LogP contribution in [0.25, 0.3) is 0 Å². The third-order valence-electron chi connectivity index (χ3n) is 2.94. The van der Waals surface area contributed by atoms with Crippen LogP contribution in [0.2, 0.25) is 0 Å². The maximum Gasteiger partial charge on any atom is 0.358 e. The molecule has 1 aromatic heterocycles. The summed E-state index contributed by atoms with van der Waals surface area (Å²) < 4.78 is 38.4. The van der Waals surface area contributed by atoms with Crippen LogP contribution in [-0.4, -0.2) is 49.9 Å². The first-order chi connectivity index (χ1) is 9.31. The number of nitrogens with one attached hydrogen (secondary N) is 1. The Kier molecular flexibility index (Phi) is 3.75. The number of ether oxygens (including phenoxy) is 1. The molecule has 0 aromatic carbocycles. The topological polar surface area (TPSA) is 109 Å². The summed E-state index contributed by atoms with van der Waals surface area (Å²) in [6, 6.07) is 0. The van der Waals surface area contributed by atoms with E-state index >= 15 is 0 Å². The largest absolute Gasteiger partial charge is 0.464 e. The molecular weight excluding hydrogens is 293 g/mol. The van der Waals surface area contributed by atoms with Crippen molar-refractivity contribution in [3.63, 3.8) is 0 Å². The summed E-state index contributed by atoms with van der Waals surface area (Å²) in [5.41, 5.74) is 0.185. The average molecular weight is 305 g/mol. The number of rotatable bonds is 4. The second kappa shape index (κ2) is 5.19. The highest BCUT2D eigenvalue weighted by atomic mass is 32.3. The SMILES string of the molecule is COC(=O)c1[nH]ncc1N1CC(CS(=O)(=O)F)CC1=O. The van der Waals surface area contributed by atoms with Gasteiger partial charge in [0.2, 0.25) is 5.91 Å². The van der Waals surface area contributed by atoms with E-state index < -0.39 is 33.8 Å². The molecule has 1 aromatic rings. The first kappa shape index (κ1) is 14.4. The Morgan fingerprint density at radius 2 is 2.35 bits per heavy atom. The number of methoxy groups -OCH3 is 1. The number of anilines is 1. The number of hydrogen-bond donors (Lipinski definition) is 1. The fourth-order valence-corrected chi connectivity index (χ4v) is 2.93. The minimum absolute atomic E-state index is 0.00547. The molecule has 1 amide bonds. The number of carbonyl (C=O) groups excluding carboxylic acids is 2. The van der Waals surface area contributed by atoms with Crippen molar-refractivity contribution in [3.05, 3.63) is 11.9 Å². The second-order valence-corrected chi connectivity index (χ2v) is 5.81. The summed E-state index contributed by atoms with van der Waals surface area (Å²) in [5.74, 6) is -2.48. The predicted octanol–water partition coefficient (Wildman–Crippen LogP) is -0.151. The fourth-order valence-electron chi connectivity index (χ4n) is 2.14. The number of aromatic amines is 1. The van der Waals surface area contributed by atoms with E-state index in [9.17, 15) is 21.9 Å². The Bertz CT molecular complexity index is 641. The Hall–Kier alpha value is -1.97. The molecule has 0 radical (unpaired) electrons. The molecule has 110 valence electrons. The van der Waals surface area contributed by atoms with Crippen LogP contribution in [0.5, 0.6) is 0 Å². The van der Waals surface area contributed by atoms with E-state index in [1.165, 1.54) is 18.2 Å². The first-order valence-corrected chi connectivity index (χ1v) is 7.21. The number of aromatic nitrogens is 2. The van der Waals surface area contributed by atoms with Gasteiger partial charge in [-0.1, -0.05) is 0 Å². The van der Waals surface area contributed by atoms with Gasteiger partial charge in [-0.25, -0.2) is 4.79 Å². The van der Waals surface area contributed by atoms with E-state index in [2.05, 4.69) is 14.9 Å². The molecule has 1 aliphatic rings. The van der Waals surface area contributed by atoms with Crippen molar-refractivity contribution in [2.75, 3.05) is 24.3 Å². The van der Waals surface area contributed by atoms with Crippen molar-refractivity contribution < 1.29 is 26.6 Å². The number of nitrogens with zero attached hydrogens (tertiary/aromatic N) is 2. The van der Waals surface area contributed by atoms with Crippen molar-refractivity contribution in [2.24, 2.45) is 5.92 Å². The van der Waals surface area contributed by atoms with Gasteiger partial charge in [0, 0.05) is 18.9 Å². The van der Waals surface area contributed by atoms with Crippen LogP contribution in [0.1, 0.15) is 16.9 Å². The second-order valence-electron chi connectivity index (χ2n) is 4.40. The van der Waals surface area contributed by atoms with E-state index in [1.54, 1.807) is 0 Å². The lowest BCUT2D eigenvalue weighted by atomic mass is 10.1. The van der Waals surface area contributed by atoms with E-state index in [4.69, 9.17) is 0 Å². The molecule has 0 bridgehead atoms. The monoisotopic (exact) mass is 305 g/mol. The van der Waals surface area contributed by atoms with Gasteiger partial charge in [-0.3, -0.25) is 9.89 Å². The molecule has 20 heavy (non-hydrogen) atoms. The molecule has 0 aliphatic carbocycles. The number of H-pyrrole nitrogens is 1. The van der Waals surface area contributed by atoms with Crippen LogP contribution in [-0.2, 0) is 19.8 Å². The predicted molar refractivity (Wildman–Crippen MR) is 65.3 cm³/mol. The molecule has 0 spiro atoms. The first-order valence-electron chi connectivity index (χ1n) is 5.66. The Balaban J connectivity index is 2.20. The zero-order valence-electron chi connectivity index (χ0n) is 10.5. The van der Waals surface area contributed by atoms with Crippen LogP contribution in [0.4, 0.5) is 9.57 Å². The lowest BCUT2D eigenvalue weighted by molar-refractivity contribution is -0.117. The van der Waals surface area contributed by atoms with Gasteiger partial charge in [-0.05, 0) is 0 Å². The molecule has 1 aliphatic heterocycles. The Morgan fingerprint density at radius 1 is 1.65 bits per heavy atom. The average Bonchev–Trinajstić information content (AvgIpc) is 2.92. The molecule has 1 atom stereocenters. The highest BCUT2D eigenvalue weighted by molar-refractivity contribution is 7.86. The third kappa shape index (κ3) is 2.95. The molecule has 0 saturated carbocycles. The molecule has 1 saturated heterocycles. The summed E-state index contributed by atoms with van der Waals surface area (Å²) in [5, 5.41) is 6.06. The van der Waals surface area contributed by atoms with Gasteiger partial charge >= 0.3 is 16.2 Å². The summed E-state index contributed by atoms with van der Waals surface area (Å²) in [7, 11) is -3.47. The number of halogens is 1. The van der Waals surface area contributed by atoms with Gasteiger partial charge in [0.1, 0.15) is 0 Å². The Morgan fingerprint density at radius 3 is 2.95 bits per heavy atom. The number of carbonyl (C=O) groups is 2. The maximum absolute atomic E-state index is 12.6. The summed E-state index contributed by atoms with van der Waals surface area (Å²) in [4.78, 5) is 24.5. The lowest BCUT2D eigenvalue weighted by Crippen LogP contribution is -2.26. The molecule has 8 nitrogen and oxygen atoms in total. The van der Waals surface area contributed by atoms with E-state index in [1.807, 2.05) is 0 Å². The summed E-state index contributed by atoms with van der Waals surface area (Å²) in [6.07, 6.45) is 1.16. The molecule has 1 unspecified atom stereocenters. The smallest absolute Gasteiger partial charge is 0.358 e. The van der Waals surface area contributed by atoms with Crippen LogP contribution in [0.15, 0.2) is 6.20 Å². The van der Waals surface area contributed by atoms with Gasteiger partial charge < -0.3 is 9.64 Å². The van der Waals surface area contributed by atoms with Crippen LogP contribution < -0.4 is 4.90 Å². The number of hydrogen-bond acceptors (Lipinski definition) is 6. The number of esters is 1. The zero-order chi connectivity index (χ0) is 14.9. The molecule has 2 rings (SSSR count). The molecule has 10 heteroatoms. The normalized spacial score (nSPS) is 19.4. The zero-order valence-corrected chi connectivity index (χ0v) is 11.3. The highest BCUT2D eigenvalue weighted by Crippen LogP contribution is 2.28. The van der Waals surface area contributed by atoms with Crippen molar-refractivity contribution in [2.45, 2.75) is 6.42 Å². The summed E-state index contributed by atoms with van der Waals surface area (Å²) in [6.45, 7) is 0.00547. The molecule has 1 fully saturated rings. The minimum atomic E-state index is -4.65. The van der Waals surface area contributed by atoms with Gasteiger partial charge in [0.15, 0.2) is 5.69 Å². The van der Waals surface area contributed by atoms with Gasteiger partial charge in [-0.15, -0.1) is 3.89 Å². The van der Waals surface area contributed by atoms with E-state index in [-0.39, 0.29) is 24.3 Å². The minimum Gasteiger partial charge on any atom is -0.464 e. The van der Waals surface area contributed by atoms with E-state index in [0.29, 0.717) is 0 Å². The quantitative estimate of drug-likeness (QED) is 0.612. The third-order valence-corrected chi connectivity index (χ3v) is 3.81. The van der Waals surface area contributed by atoms with Crippen molar-refractivity contribution in [1.82, 2.24) is 10.2 Å². The van der Waals surface area contributed by atoms with Gasteiger partial charge in [-0.2, -0.15) is 13.5 Å². The maximum atomic E-state index is 12.6. The molecule has 1 N–H and O–H groups in total. The lowest BCUT2D eigenvalue weighted by Gasteiger charge is -2.15. The van der Waals surface area contributed by atoms with Crippen molar-refractivity contribution in [1.29, 1.82) is 0 Å². The number of amides is 1. The summed E-state index contributed by atoms with van der Waals surface area (Å²) >= 11 is 0. The van der Waals surface area contributed by atoms with E-state index in [0.717, 1.165) is 0 Å². The molecule has 2 heterocycles. The Labute approximate surface area is 114 Å². The standard InChI is InChI=1S/C10H12FN3O5S/c1-19-10(16)9-7(3-12-13-9)14-4-6(2-8(14)15)5-20(11,17)18/h3,6H,2,4-5H2,1H3,(H,12,13). The van der Waals surface area contributed by atoms with Crippen LogP contribution in [0, 0.1) is 5.92 Å². The fraction of sp³-hybridized carbons (Fsp3) is 0.500. The van der Waals surface area contributed by atoms with Crippen LogP contribution >= 0.6 is 0 Å². The van der Waals surface area contributed by atoms with Crippen LogP contribution in [0.3, 0.4) is 0 Å². The van der Waals surface area contributed by atoms with Crippen molar-refractivity contribution in [3.8, 4) is 0 Å².